The number of sulfonamides is 1. The Bertz CT molecular complexity index is 918. The second-order valence-electron chi connectivity index (χ2n) is 5.62. The molecule has 0 saturated heterocycles. The van der Waals surface area contributed by atoms with Crippen molar-refractivity contribution in [3.05, 3.63) is 52.5 Å². The third-order valence-electron chi connectivity index (χ3n) is 3.49. The number of nitrogens with zero attached hydrogens (tertiary/aromatic N) is 2. The number of phenolic OH excluding ortho intramolecular Hbond substituents is 1. The quantitative estimate of drug-likeness (QED) is 0.893. The number of hydrogen-bond acceptors (Lipinski definition) is 4. The highest BCUT2D eigenvalue weighted by Crippen LogP contribution is 2.33. The molecule has 0 spiro atoms. The van der Waals surface area contributed by atoms with Gasteiger partial charge in [0.25, 0.3) is 10.0 Å². The molecule has 0 amide bonds. The van der Waals surface area contributed by atoms with Crippen LogP contribution in [0.25, 0.3) is 0 Å². The van der Waals surface area contributed by atoms with E-state index >= 15 is 0 Å². The van der Waals surface area contributed by atoms with Crippen LogP contribution in [0.2, 0.25) is 5.02 Å². The topological polar surface area (TPSA) is 81.4 Å². The first-order valence-electron chi connectivity index (χ1n) is 7.22. The molecule has 2 rings (SSSR count). The minimum Gasteiger partial charge on any atom is -0.508 e. The standard InChI is InChI=1S/C17H17ClN2O3S/c1-11(2)20(16-7-5-14(18)8-13(16)10-19)24(22,23)17-9-15(21)6-4-12(17)3/h4-9,11,21H,1-3H3. The Morgan fingerprint density at radius 3 is 2.46 bits per heavy atom. The molecule has 0 aliphatic carbocycles. The fraction of sp³-hybridized carbons (Fsp3) is 0.235. The Morgan fingerprint density at radius 1 is 1.21 bits per heavy atom. The predicted octanol–water partition coefficient (Wildman–Crippen LogP) is 3.83. The van der Waals surface area contributed by atoms with Crippen LogP contribution in [0.5, 0.6) is 5.75 Å². The summed E-state index contributed by atoms with van der Waals surface area (Å²) in [6.07, 6.45) is 0. The van der Waals surface area contributed by atoms with Crippen molar-refractivity contribution in [2.45, 2.75) is 31.7 Å². The normalized spacial score (nSPS) is 11.3. The molecule has 2 aromatic carbocycles. The minimum atomic E-state index is -3.97. The number of anilines is 1. The predicted molar refractivity (Wildman–Crippen MR) is 93.8 cm³/mol. The molecule has 0 aliphatic rings. The van der Waals surface area contributed by atoms with Crippen LogP contribution in [-0.2, 0) is 10.0 Å². The zero-order chi connectivity index (χ0) is 18.1. The van der Waals surface area contributed by atoms with E-state index in [-0.39, 0.29) is 21.9 Å². The van der Waals surface area contributed by atoms with Crippen LogP contribution in [0, 0.1) is 18.3 Å². The third kappa shape index (κ3) is 3.32. The summed E-state index contributed by atoms with van der Waals surface area (Å²) in [6, 6.07) is 10.2. The maximum atomic E-state index is 13.2. The van der Waals surface area contributed by atoms with Crippen molar-refractivity contribution in [2.75, 3.05) is 4.31 Å². The van der Waals surface area contributed by atoms with E-state index in [0.29, 0.717) is 10.6 Å². The summed E-state index contributed by atoms with van der Waals surface area (Å²) in [5.41, 5.74) is 0.920. The Kier molecular flexibility index (Phi) is 5.07. The van der Waals surface area contributed by atoms with Gasteiger partial charge in [-0.25, -0.2) is 8.42 Å². The van der Waals surface area contributed by atoms with Gasteiger partial charge in [0.2, 0.25) is 0 Å². The largest absolute Gasteiger partial charge is 0.508 e. The Morgan fingerprint density at radius 2 is 1.88 bits per heavy atom. The average molecular weight is 365 g/mol. The van der Waals surface area contributed by atoms with Gasteiger partial charge in [-0.2, -0.15) is 5.26 Å². The highest BCUT2D eigenvalue weighted by Gasteiger charge is 2.30. The fourth-order valence-corrected chi connectivity index (χ4v) is 4.55. The average Bonchev–Trinajstić information content (AvgIpc) is 2.50. The molecule has 5 nitrogen and oxygen atoms in total. The summed E-state index contributed by atoms with van der Waals surface area (Å²) in [4.78, 5) is -0.00459. The fourth-order valence-electron chi connectivity index (χ4n) is 2.45. The maximum Gasteiger partial charge on any atom is 0.264 e. The lowest BCUT2D eigenvalue weighted by Gasteiger charge is -2.29. The van der Waals surface area contributed by atoms with Gasteiger partial charge in [0.1, 0.15) is 11.8 Å². The summed E-state index contributed by atoms with van der Waals surface area (Å²) < 4.78 is 27.5. The molecule has 0 unspecified atom stereocenters. The van der Waals surface area contributed by atoms with E-state index < -0.39 is 16.1 Å². The van der Waals surface area contributed by atoms with Crippen molar-refractivity contribution < 1.29 is 13.5 Å². The van der Waals surface area contributed by atoms with Gasteiger partial charge >= 0.3 is 0 Å². The van der Waals surface area contributed by atoms with Crippen LogP contribution in [0.3, 0.4) is 0 Å². The molecule has 7 heteroatoms. The van der Waals surface area contributed by atoms with Crippen molar-refractivity contribution in [3.8, 4) is 11.8 Å². The second kappa shape index (κ2) is 6.71. The summed E-state index contributed by atoms with van der Waals surface area (Å²) in [5.74, 6) is -0.139. The summed E-state index contributed by atoms with van der Waals surface area (Å²) in [5, 5.41) is 19.4. The molecule has 0 fully saturated rings. The van der Waals surface area contributed by atoms with Crippen LogP contribution in [0.1, 0.15) is 25.0 Å². The third-order valence-corrected chi connectivity index (χ3v) is 5.86. The van der Waals surface area contributed by atoms with Crippen molar-refractivity contribution in [1.82, 2.24) is 0 Å². The van der Waals surface area contributed by atoms with Gasteiger partial charge < -0.3 is 5.11 Å². The van der Waals surface area contributed by atoms with Gasteiger partial charge in [-0.3, -0.25) is 4.31 Å². The zero-order valence-electron chi connectivity index (χ0n) is 13.5. The van der Waals surface area contributed by atoms with Gasteiger partial charge in [-0.1, -0.05) is 17.7 Å². The number of phenols is 1. The molecule has 0 radical (unpaired) electrons. The SMILES string of the molecule is Cc1ccc(O)cc1S(=O)(=O)N(c1ccc(Cl)cc1C#N)C(C)C. The van der Waals surface area contributed by atoms with Gasteiger partial charge in [-0.15, -0.1) is 0 Å². The zero-order valence-corrected chi connectivity index (χ0v) is 15.1. The number of nitriles is 1. The van der Waals surface area contributed by atoms with Crippen LogP contribution in [-0.4, -0.2) is 19.6 Å². The summed E-state index contributed by atoms with van der Waals surface area (Å²) in [7, 11) is -3.97. The smallest absolute Gasteiger partial charge is 0.264 e. The van der Waals surface area contributed by atoms with Crippen molar-refractivity contribution >= 4 is 27.3 Å². The maximum absolute atomic E-state index is 13.2. The molecule has 0 saturated carbocycles. The highest BCUT2D eigenvalue weighted by molar-refractivity contribution is 7.93. The van der Waals surface area contributed by atoms with E-state index in [4.69, 9.17) is 11.6 Å². The molecule has 0 aliphatic heterocycles. The molecule has 2 aromatic rings. The van der Waals surface area contributed by atoms with E-state index in [1.807, 2.05) is 6.07 Å². The van der Waals surface area contributed by atoms with Crippen molar-refractivity contribution in [3.63, 3.8) is 0 Å². The summed E-state index contributed by atoms with van der Waals surface area (Å²) in [6.45, 7) is 5.08. The van der Waals surface area contributed by atoms with Gasteiger partial charge in [0.05, 0.1) is 16.1 Å². The molecule has 126 valence electrons. The van der Waals surface area contributed by atoms with Crippen LogP contribution >= 0.6 is 11.6 Å². The minimum absolute atomic E-state index is 0.00459. The second-order valence-corrected chi connectivity index (χ2v) is 7.84. The van der Waals surface area contributed by atoms with Gasteiger partial charge in [-0.05, 0) is 50.6 Å². The van der Waals surface area contributed by atoms with E-state index in [0.717, 1.165) is 0 Å². The highest BCUT2D eigenvalue weighted by atomic mass is 35.5. The Labute approximate surface area is 146 Å². The number of hydrogen-bond donors (Lipinski definition) is 1. The first-order valence-corrected chi connectivity index (χ1v) is 9.04. The number of aromatic hydroxyl groups is 1. The first kappa shape index (κ1) is 18.1. The molecule has 0 bridgehead atoms. The molecule has 0 atom stereocenters. The molecule has 0 aromatic heterocycles. The molecular formula is C17H17ClN2O3S. The van der Waals surface area contributed by atoms with Gasteiger partial charge in [0.15, 0.2) is 0 Å². The van der Waals surface area contributed by atoms with E-state index in [1.165, 1.54) is 40.7 Å². The lowest BCUT2D eigenvalue weighted by atomic mass is 10.2. The number of halogens is 1. The molecular weight excluding hydrogens is 348 g/mol. The monoisotopic (exact) mass is 364 g/mol. The number of benzene rings is 2. The van der Waals surface area contributed by atoms with Crippen LogP contribution < -0.4 is 4.31 Å². The van der Waals surface area contributed by atoms with Gasteiger partial charge in [0, 0.05) is 17.1 Å². The number of rotatable bonds is 4. The lowest BCUT2D eigenvalue weighted by molar-refractivity contribution is 0.472. The molecule has 1 N–H and O–H groups in total. The summed E-state index contributed by atoms with van der Waals surface area (Å²) >= 11 is 5.90. The van der Waals surface area contributed by atoms with Crippen LogP contribution in [0.4, 0.5) is 5.69 Å². The van der Waals surface area contributed by atoms with E-state index in [1.54, 1.807) is 20.8 Å². The molecule has 24 heavy (non-hydrogen) atoms. The number of aryl methyl sites for hydroxylation is 1. The van der Waals surface area contributed by atoms with Crippen LogP contribution in [0.15, 0.2) is 41.3 Å². The Hall–Kier alpha value is -2.23. The lowest BCUT2D eigenvalue weighted by Crippen LogP contribution is -2.37. The van der Waals surface area contributed by atoms with E-state index in [2.05, 4.69) is 0 Å². The molecule has 0 heterocycles. The van der Waals surface area contributed by atoms with Crippen molar-refractivity contribution in [1.29, 1.82) is 5.26 Å². The first-order chi connectivity index (χ1) is 11.2. The van der Waals surface area contributed by atoms with E-state index in [9.17, 15) is 18.8 Å². The Balaban J connectivity index is 2.72. The van der Waals surface area contributed by atoms with Crippen molar-refractivity contribution in [2.24, 2.45) is 0 Å².